The molecule has 3 heteroatoms. The van der Waals surface area contributed by atoms with Gasteiger partial charge in [0.1, 0.15) is 0 Å². The molecule has 1 aromatic rings. The molecule has 0 unspecified atom stereocenters. The van der Waals surface area contributed by atoms with Crippen molar-refractivity contribution in [3.05, 3.63) is 34.3 Å². The molecule has 0 fully saturated rings. The lowest BCUT2D eigenvalue weighted by atomic mass is 10.1. The number of carbonyl (C=O) groups is 1. The van der Waals surface area contributed by atoms with Gasteiger partial charge >= 0.3 is 0 Å². The minimum absolute atomic E-state index is 0.0283. The molecule has 0 radical (unpaired) electrons. The standard InChI is InChI=1S/C11H13ClO2/c1-8-3-4-10(12)9(7-8)11(13)5-6-14-2/h3-4,7H,5-6H2,1-2H3. The van der Waals surface area contributed by atoms with Crippen LogP contribution in [0.1, 0.15) is 22.3 Å². The first-order chi connectivity index (χ1) is 6.65. The van der Waals surface area contributed by atoms with E-state index in [-0.39, 0.29) is 5.78 Å². The Morgan fingerprint density at radius 2 is 2.21 bits per heavy atom. The van der Waals surface area contributed by atoms with Crippen molar-refractivity contribution in [2.45, 2.75) is 13.3 Å². The van der Waals surface area contributed by atoms with Crippen LogP contribution in [0.3, 0.4) is 0 Å². The summed E-state index contributed by atoms with van der Waals surface area (Å²) in [4.78, 5) is 11.6. The van der Waals surface area contributed by atoms with Gasteiger partial charge in [0.2, 0.25) is 0 Å². The second-order valence-electron chi connectivity index (χ2n) is 3.15. The number of hydrogen-bond acceptors (Lipinski definition) is 2. The number of rotatable bonds is 4. The van der Waals surface area contributed by atoms with Crippen LogP contribution in [-0.4, -0.2) is 19.5 Å². The highest BCUT2D eigenvalue weighted by atomic mass is 35.5. The monoisotopic (exact) mass is 212 g/mol. The van der Waals surface area contributed by atoms with Gasteiger partial charge in [0.15, 0.2) is 5.78 Å². The molecule has 0 aliphatic carbocycles. The van der Waals surface area contributed by atoms with E-state index in [0.717, 1.165) is 5.56 Å². The van der Waals surface area contributed by atoms with Gasteiger partial charge in [-0.15, -0.1) is 0 Å². The van der Waals surface area contributed by atoms with Gasteiger partial charge in [-0.2, -0.15) is 0 Å². The van der Waals surface area contributed by atoms with Gasteiger partial charge in [-0.3, -0.25) is 4.79 Å². The Morgan fingerprint density at radius 3 is 2.86 bits per heavy atom. The number of benzene rings is 1. The van der Waals surface area contributed by atoms with E-state index in [1.54, 1.807) is 19.2 Å². The van der Waals surface area contributed by atoms with Gasteiger partial charge < -0.3 is 4.74 Å². The summed E-state index contributed by atoms with van der Waals surface area (Å²) in [5.41, 5.74) is 1.62. The predicted octanol–water partition coefficient (Wildman–Crippen LogP) is 2.87. The second-order valence-corrected chi connectivity index (χ2v) is 3.56. The molecule has 14 heavy (non-hydrogen) atoms. The van der Waals surface area contributed by atoms with Crippen molar-refractivity contribution in [2.75, 3.05) is 13.7 Å². The first kappa shape index (κ1) is 11.2. The molecule has 0 aromatic heterocycles. The van der Waals surface area contributed by atoms with E-state index in [1.165, 1.54) is 0 Å². The van der Waals surface area contributed by atoms with E-state index < -0.39 is 0 Å². The molecule has 0 aliphatic rings. The van der Waals surface area contributed by atoms with E-state index >= 15 is 0 Å². The normalized spacial score (nSPS) is 10.2. The highest BCUT2D eigenvalue weighted by Gasteiger charge is 2.09. The molecule has 0 spiro atoms. The third-order valence-corrected chi connectivity index (χ3v) is 2.29. The first-order valence-electron chi connectivity index (χ1n) is 4.43. The Labute approximate surface area is 88.8 Å². The summed E-state index contributed by atoms with van der Waals surface area (Å²) in [5.74, 6) is 0.0283. The smallest absolute Gasteiger partial charge is 0.166 e. The molecule has 0 saturated carbocycles. The molecule has 0 N–H and O–H groups in total. The number of hydrogen-bond donors (Lipinski definition) is 0. The Bertz CT molecular complexity index is 334. The van der Waals surface area contributed by atoms with Crippen LogP contribution in [0.5, 0.6) is 0 Å². The second kappa shape index (κ2) is 5.13. The highest BCUT2D eigenvalue weighted by molar-refractivity contribution is 6.34. The van der Waals surface area contributed by atoms with Crippen LogP contribution in [0, 0.1) is 6.92 Å². The van der Waals surface area contributed by atoms with Crippen LogP contribution in [0.15, 0.2) is 18.2 Å². The molecule has 0 amide bonds. The Kier molecular flexibility index (Phi) is 4.11. The summed E-state index contributed by atoms with van der Waals surface area (Å²) >= 11 is 5.91. The van der Waals surface area contributed by atoms with E-state index in [1.807, 2.05) is 13.0 Å². The van der Waals surface area contributed by atoms with Gasteiger partial charge in [-0.05, 0) is 19.1 Å². The Hall–Kier alpha value is -0.860. The molecule has 0 saturated heterocycles. The molecule has 2 nitrogen and oxygen atoms in total. The van der Waals surface area contributed by atoms with Crippen molar-refractivity contribution in [3.8, 4) is 0 Å². The summed E-state index contributed by atoms with van der Waals surface area (Å²) < 4.78 is 4.84. The lowest BCUT2D eigenvalue weighted by molar-refractivity contribution is 0.0932. The maximum absolute atomic E-state index is 11.6. The summed E-state index contributed by atoms with van der Waals surface area (Å²) in [6.07, 6.45) is 0.375. The predicted molar refractivity (Wildman–Crippen MR) is 57.0 cm³/mol. The summed E-state index contributed by atoms with van der Waals surface area (Å²) in [6, 6.07) is 5.44. The number of ether oxygens (including phenoxy) is 1. The minimum atomic E-state index is 0.0283. The number of carbonyl (C=O) groups excluding carboxylic acids is 1. The number of methoxy groups -OCH3 is 1. The number of ketones is 1. The lowest BCUT2D eigenvalue weighted by Crippen LogP contribution is -2.04. The summed E-state index contributed by atoms with van der Waals surface area (Å²) in [7, 11) is 1.57. The fourth-order valence-electron chi connectivity index (χ4n) is 1.18. The minimum Gasteiger partial charge on any atom is -0.384 e. The molecule has 1 rings (SSSR count). The largest absolute Gasteiger partial charge is 0.384 e. The van der Waals surface area contributed by atoms with Crippen LogP contribution in [-0.2, 0) is 4.74 Å². The van der Waals surface area contributed by atoms with E-state index in [9.17, 15) is 4.79 Å². The zero-order chi connectivity index (χ0) is 10.6. The molecule has 0 heterocycles. The molecule has 0 atom stereocenters. The van der Waals surface area contributed by atoms with E-state index in [0.29, 0.717) is 23.6 Å². The summed E-state index contributed by atoms with van der Waals surface area (Å²) in [6.45, 7) is 2.37. The molecule has 76 valence electrons. The van der Waals surface area contributed by atoms with E-state index in [4.69, 9.17) is 16.3 Å². The fraction of sp³-hybridized carbons (Fsp3) is 0.364. The molecular weight excluding hydrogens is 200 g/mol. The van der Waals surface area contributed by atoms with Crippen molar-refractivity contribution in [1.29, 1.82) is 0 Å². The first-order valence-corrected chi connectivity index (χ1v) is 4.81. The van der Waals surface area contributed by atoms with Crippen LogP contribution in [0.4, 0.5) is 0 Å². The van der Waals surface area contributed by atoms with Crippen molar-refractivity contribution in [2.24, 2.45) is 0 Å². The van der Waals surface area contributed by atoms with Crippen LogP contribution in [0.2, 0.25) is 5.02 Å². The quantitative estimate of drug-likeness (QED) is 0.718. The third kappa shape index (κ3) is 2.82. The van der Waals surface area contributed by atoms with Gasteiger partial charge in [0, 0.05) is 19.1 Å². The average molecular weight is 213 g/mol. The van der Waals surface area contributed by atoms with Crippen molar-refractivity contribution in [1.82, 2.24) is 0 Å². The topological polar surface area (TPSA) is 26.3 Å². The van der Waals surface area contributed by atoms with Gasteiger partial charge in [-0.1, -0.05) is 23.2 Å². The molecular formula is C11H13ClO2. The fourth-order valence-corrected chi connectivity index (χ4v) is 1.41. The Balaban J connectivity index is 2.83. The average Bonchev–Trinajstić information content (AvgIpc) is 2.18. The maximum atomic E-state index is 11.6. The van der Waals surface area contributed by atoms with Crippen LogP contribution in [0.25, 0.3) is 0 Å². The zero-order valence-corrected chi connectivity index (χ0v) is 9.10. The number of aryl methyl sites for hydroxylation is 1. The third-order valence-electron chi connectivity index (χ3n) is 1.96. The SMILES string of the molecule is COCCC(=O)c1cc(C)ccc1Cl. The number of Topliss-reactive ketones (excluding diaryl/α,β-unsaturated/α-hetero) is 1. The number of halogens is 1. The van der Waals surface area contributed by atoms with Crippen LogP contribution >= 0.6 is 11.6 Å². The molecule has 0 aliphatic heterocycles. The molecule has 0 bridgehead atoms. The van der Waals surface area contributed by atoms with Crippen molar-refractivity contribution < 1.29 is 9.53 Å². The van der Waals surface area contributed by atoms with Gasteiger partial charge in [0.05, 0.1) is 11.6 Å². The van der Waals surface area contributed by atoms with Gasteiger partial charge in [-0.25, -0.2) is 0 Å². The maximum Gasteiger partial charge on any atom is 0.166 e. The molecule has 1 aromatic carbocycles. The summed E-state index contributed by atoms with van der Waals surface area (Å²) in [5, 5.41) is 0.511. The lowest BCUT2D eigenvalue weighted by Gasteiger charge is -2.04. The van der Waals surface area contributed by atoms with Gasteiger partial charge in [0.25, 0.3) is 0 Å². The van der Waals surface area contributed by atoms with E-state index in [2.05, 4.69) is 0 Å². The van der Waals surface area contributed by atoms with Crippen molar-refractivity contribution >= 4 is 17.4 Å². The zero-order valence-electron chi connectivity index (χ0n) is 8.34. The van der Waals surface area contributed by atoms with Crippen molar-refractivity contribution in [3.63, 3.8) is 0 Å². The highest BCUT2D eigenvalue weighted by Crippen LogP contribution is 2.18. The van der Waals surface area contributed by atoms with Crippen LogP contribution < -0.4 is 0 Å². The Morgan fingerprint density at radius 1 is 1.50 bits per heavy atom.